The first kappa shape index (κ1) is 19.4. The van der Waals surface area contributed by atoms with Crippen LogP contribution < -0.4 is 14.8 Å². The van der Waals surface area contributed by atoms with Gasteiger partial charge in [0.1, 0.15) is 5.82 Å². The molecule has 0 spiro atoms. The molecule has 0 aliphatic carbocycles. The van der Waals surface area contributed by atoms with E-state index in [-0.39, 0.29) is 0 Å². The zero-order valence-corrected chi connectivity index (χ0v) is 17.7. The Labute approximate surface area is 172 Å². The van der Waals surface area contributed by atoms with Gasteiger partial charge in [0.25, 0.3) is 0 Å². The summed E-state index contributed by atoms with van der Waals surface area (Å²) >= 11 is 0. The zero-order chi connectivity index (χ0) is 20.4. The van der Waals surface area contributed by atoms with Crippen LogP contribution in [0.5, 0.6) is 11.5 Å². The van der Waals surface area contributed by atoms with Crippen molar-refractivity contribution >= 4 is 5.82 Å². The number of hydrogen-bond acceptors (Lipinski definition) is 4. The van der Waals surface area contributed by atoms with Gasteiger partial charge < -0.3 is 14.8 Å². The van der Waals surface area contributed by atoms with E-state index in [1.807, 2.05) is 12.1 Å². The number of para-hydroxylation sites is 1. The third-order valence-electron chi connectivity index (χ3n) is 5.57. The van der Waals surface area contributed by atoms with E-state index < -0.39 is 0 Å². The molecule has 152 valence electrons. The molecule has 0 bridgehead atoms. The molecular formula is C24H29N3O2. The van der Waals surface area contributed by atoms with Crippen LogP contribution in [0.1, 0.15) is 43.7 Å². The number of aromatic nitrogens is 2. The number of hydrogen-bond donors (Lipinski definition) is 1. The molecule has 1 aliphatic rings. The predicted molar refractivity (Wildman–Crippen MR) is 118 cm³/mol. The maximum Gasteiger partial charge on any atom is 0.161 e. The molecular weight excluding hydrogens is 362 g/mol. The number of ether oxygens (including phenoxy) is 2. The van der Waals surface area contributed by atoms with Crippen LogP contribution in [0.25, 0.3) is 16.9 Å². The molecule has 2 heterocycles. The third-order valence-corrected chi connectivity index (χ3v) is 5.57. The SMILES string of the molecule is COc1ccc(-c2nn(-c3ccccc3C(C)C)c3c2CCCCN3)cc1OC. The predicted octanol–water partition coefficient (Wildman–Crippen LogP) is 5.43. The van der Waals surface area contributed by atoms with E-state index in [1.54, 1.807) is 14.2 Å². The standard InChI is InChI=1S/C24H29N3O2/c1-16(2)18-9-5-6-11-20(18)27-24-19(10-7-8-14-25-24)23(26-27)17-12-13-21(28-3)22(15-17)29-4/h5-6,9,11-13,15-16,25H,7-8,10,14H2,1-4H3. The number of anilines is 1. The van der Waals surface area contributed by atoms with Gasteiger partial charge in [-0.05, 0) is 55.0 Å². The van der Waals surface area contributed by atoms with Crippen molar-refractivity contribution in [3.63, 3.8) is 0 Å². The van der Waals surface area contributed by atoms with Crippen molar-refractivity contribution in [1.29, 1.82) is 0 Å². The number of methoxy groups -OCH3 is 2. The quantitative estimate of drug-likeness (QED) is 0.630. The van der Waals surface area contributed by atoms with Gasteiger partial charge in [-0.15, -0.1) is 0 Å². The number of nitrogens with one attached hydrogen (secondary N) is 1. The maximum absolute atomic E-state index is 5.53. The van der Waals surface area contributed by atoms with Gasteiger partial charge in [-0.25, -0.2) is 4.68 Å². The second-order valence-electron chi connectivity index (χ2n) is 7.75. The Morgan fingerprint density at radius 1 is 1.00 bits per heavy atom. The number of benzene rings is 2. The van der Waals surface area contributed by atoms with Crippen LogP contribution in [0.2, 0.25) is 0 Å². The summed E-state index contributed by atoms with van der Waals surface area (Å²) in [5.74, 6) is 2.98. The Balaban J connectivity index is 1.92. The van der Waals surface area contributed by atoms with E-state index in [0.29, 0.717) is 5.92 Å². The highest BCUT2D eigenvalue weighted by Gasteiger charge is 2.23. The van der Waals surface area contributed by atoms with Crippen molar-refractivity contribution < 1.29 is 9.47 Å². The van der Waals surface area contributed by atoms with Crippen molar-refractivity contribution in [3.05, 3.63) is 53.6 Å². The molecule has 29 heavy (non-hydrogen) atoms. The van der Waals surface area contributed by atoms with Crippen LogP contribution in [0.3, 0.4) is 0 Å². The first-order valence-corrected chi connectivity index (χ1v) is 10.3. The molecule has 0 radical (unpaired) electrons. The van der Waals surface area contributed by atoms with E-state index in [9.17, 15) is 0 Å². The van der Waals surface area contributed by atoms with Crippen LogP contribution in [-0.4, -0.2) is 30.5 Å². The minimum absolute atomic E-state index is 0.418. The summed E-state index contributed by atoms with van der Waals surface area (Å²) in [4.78, 5) is 0. The molecule has 0 unspecified atom stereocenters. The third kappa shape index (κ3) is 3.57. The van der Waals surface area contributed by atoms with Crippen molar-refractivity contribution in [1.82, 2.24) is 9.78 Å². The van der Waals surface area contributed by atoms with Gasteiger partial charge in [-0.1, -0.05) is 32.0 Å². The second-order valence-corrected chi connectivity index (χ2v) is 7.75. The highest BCUT2D eigenvalue weighted by atomic mass is 16.5. The average Bonchev–Trinajstić information content (AvgIpc) is 2.93. The minimum Gasteiger partial charge on any atom is -0.493 e. The Bertz CT molecular complexity index is 1010. The number of nitrogens with zero attached hydrogens (tertiary/aromatic N) is 2. The summed E-state index contributed by atoms with van der Waals surface area (Å²) in [5, 5.41) is 8.75. The highest BCUT2D eigenvalue weighted by molar-refractivity contribution is 5.73. The molecule has 5 nitrogen and oxygen atoms in total. The second kappa shape index (κ2) is 8.19. The molecule has 4 rings (SSSR count). The molecule has 3 aromatic rings. The molecule has 1 aliphatic heterocycles. The van der Waals surface area contributed by atoms with E-state index in [2.05, 4.69) is 54.2 Å². The van der Waals surface area contributed by atoms with Gasteiger partial charge in [-0.3, -0.25) is 0 Å². The van der Waals surface area contributed by atoms with E-state index in [0.717, 1.165) is 60.1 Å². The molecule has 0 fully saturated rings. The van der Waals surface area contributed by atoms with Crippen LogP contribution >= 0.6 is 0 Å². The minimum atomic E-state index is 0.418. The Kier molecular flexibility index (Phi) is 5.47. The van der Waals surface area contributed by atoms with Crippen LogP contribution in [0.4, 0.5) is 5.82 Å². The molecule has 0 atom stereocenters. The fraction of sp³-hybridized carbons (Fsp3) is 0.375. The van der Waals surface area contributed by atoms with Gasteiger partial charge in [0.05, 0.1) is 25.6 Å². The Morgan fingerprint density at radius 2 is 1.79 bits per heavy atom. The lowest BCUT2D eigenvalue weighted by molar-refractivity contribution is 0.355. The van der Waals surface area contributed by atoms with Gasteiger partial charge in [0, 0.05) is 17.7 Å². The van der Waals surface area contributed by atoms with Crippen molar-refractivity contribution in [2.24, 2.45) is 0 Å². The van der Waals surface area contributed by atoms with Crippen LogP contribution in [0.15, 0.2) is 42.5 Å². The molecule has 1 aromatic heterocycles. The maximum atomic E-state index is 5.53. The summed E-state index contributed by atoms with van der Waals surface area (Å²) in [6, 6.07) is 14.6. The van der Waals surface area contributed by atoms with Crippen molar-refractivity contribution in [2.75, 3.05) is 26.1 Å². The molecule has 0 saturated carbocycles. The number of fused-ring (bicyclic) bond motifs is 1. The molecule has 2 aromatic carbocycles. The lowest BCUT2D eigenvalue weighted by Crippen LogP contribution is -2.09. The normalized spacial score (nSPS) is 13.6. The summed E-state index contributed by atoms with van der Waals surface area (Å²) < 4.78 is 13.0. The fourth-order valence-electron chi connectivity index (χ4n) is 4.06. The van der Waals surface area contributed by atoms with E-state index >= 15 is 0 Å². The zero-order valence-electron chi connectivity index (χ0n) is 17.7. The first-order valence-electron chi connectivity index (χ1n) is 10.3. The van der Waals surface area contributed by atoms with Crippen molar-refractivity contribution in [2.45, 2.75) is 39.0 Å². The number of rotatable bonds is 5. The van der Waals surface area contributed by atoms with Gasteiger partial charge >= 0.3 is 0 Å². The summed E-state index contributed by atoms with van der Waals surface area (Å²) in [6.45, 7) is 5.42. The summed E-state index contributed by atoms with van der Waals surface area (Å²) in [6.07, 6.45) is 3.32. The lowest BCUT2D eigenvalue weighted by atomic mass is 10.0. The Morgan fingerprint density at radius 3 is 2.55 bits per heavy atom. The monoisotopic (exact) mass is 391 g/mol. The molecule has 5 heteroatoms. The largest absolute Gasteiger partial charge is 0.493 e. The lowest BCUT2D eigenvalue weighted by Gasteiger charge is -2.15. The van der Waals surface area contributed by atoms with Gasteiger partial charge in [-0.2, -0.15) is 5.10 Å². The average molecular weight is 392 g/mol. The van der Waals surface area contributed by atoms with E-state index in [4.69, 9.17) is 14.6 Å². The summed E-state index contributed by atoms with van der Waals surface area (Å²) in [5.41, 5.74) is 5.76. The van der Waals surface area contributed by atoms with Crippen LogP contribution in [-0.2, 0) is 6.42 Å². The van der Waals surface area contributed by atoms with Gasteiger partial charge in [0.2, 0.25) is 0 Å². The van der Waals surface area contributed by atoms with E-state index in [1.165, 1.54) is 11.1 Å². The highest BCUT2D eigenvalue weighted by Crippen LogP contribution is 2.38. The first-order chi connectivity index (χ1) is 14.1. The topological polar surface area (TPSA) is 48.3 Å². The molecule has 1 N–H and O–H groups in total. The van der Waals surface area contributed by atoms with Crippen molar-refractivity contribution in [3.8, 4) is 28.4 Å². The molecule has 0 amide bonds. The summed E-state index contributed by atoms with van der Waals surface area (Å²) in [7, 11) is 3.33. The molecule has 0 saturated heterocycles. The van der Waals surface area contributed by atoms with Crippen LogP contribution in [0, 0.1) is 0 Å². The fourth-order valence-corrected chi connectivity index (χ4v) is 4.06. The Hall–Kier alpha value is -2.95. The van der Waals surface area contributed by atoms with Gasteiger partial charge in [0.15, 0.2) is 11.5 Å². The smallest absolute Gasteiger partial charge is 0.161 e.